The molecule has 188 valence electrons. The molecule has 1 unspecified atom stereocenters. The molecular formula is C22H25F3N5O4S+. The minimum atomic E-state index is -4.05. The summed E-state index contributed by atoms with van der Waals surface area (Å²) in [5, 5.41) is 2.78. The molecule has 2 heterocycles. The van der Waals surface area contributed by atoms with E-state index in [2.05, 4.69) is 9.82 Å². The molecule has 5 rings (SSSR count). The van der Waals surface area contributed by atoms with Gasteiger partial charge in [-0.05, 0) is 25.0 Å². The number of nitrogens with zero attached hydrogens (tertiary/aromatic N) is 4. The maximum Gasteiger partial charge on any atom is 0.501 e. The third-order valence-corrected chi connectivity index (χ3v) is 8.55. The van der Waals surface area contributed by atoms with Crippen molar-refractivity contribution in [1.82, 2.24) is 19.4 Å². The average Bonchev–Trinajstić information content (AvgIpc) is 3.42. The predicted molar refractivity (Wildman–Crippen MR) is 118 cm³/mol. The van der Waals surface area contributed by atoms with Gasteiger partial charge in [-0.2, -0.15) is 19.4 Å². The number of rotatable bonds is 8. The number of halogens is 3. The van der Waals surface area contributed by atoms with Gasteiger partial charge in [-0.25, -0.2) is 31.1 Å². The zero-order valence-corrected chi connectivity index (χ0v) is 19.8. The molecular weight excluding hydrogens is 487 g/mol. The van der Waals surface area contributed by atoms with Crippen molar-refractivity contribution in [3.05, 3.63) is 41.8 Å². The van der Waals surface area contributed by atoms with Crippen molar-refractivity contribution >= 4 is 27.7 Å². The highest BCUT2D eigenvalue weighted by Crippen LogP contribution is 2.43. The topological polar surface area (TPSA) is 104 Å². The summed E-state index contributed by atoms with van der Waals surface area (Å²) in [6, 6.07) is -0.667. The second-order valence-corrected chi connectivity index (χ2v) is 11.6. The van der Waals surface area contributed by atoms with Crippen LogP contribution >= 0.6 is 0 Å². The van der Waals surface area contributed by atoms with E-state index in [1.165, 1.54) is 33.7 Å². The first-order valence-electron chi connectivity index (χ1n) is 11.3. The Morgan fingerprint density at radius 2 is 1.97 bits per heavy atom. The first kappa shape index (κ1) is 23.9. The van der Waals surface area contributed by atoms with Gasteiger partial charge in [-0.1, -0.05) is 6.08 Å². The molecule has 1 atom stereocenters. The van der Waals surface area contributed by atoms with Crippen LogP contribution in [0.4, 0.5) is 18.0 Å². The van der Waals surface area contributed by atoms with Crippen molar-refractivity contribution in [2.75, 3.05) is 13.2 Å². The van der Waals surface area contributed by atoms with Gasteiger partial charge in [0.15, 0.2) is 0 Å². The highest BCUT2D eigenvalue weighted by molar-refractivity contribution is 7.90. The van der Waals surface area contributed by atoms with Gasteiger partial charge in [-0.15, -0.1) is 0 Å². The summed E-state index contributed by atoms with van der Waals surface area (Å²) in [6.45, 7) is -0.969. The van der Waals surface area contributed by atoms with Gasteiger partial charge < -0.3 is 0 Å². The van der Waals surface area contributed by atoms with Gasteiger partial charge in [0.1, 0.15) is 29.8 Å². The number of aryl methyl sites for hydroxylation is 1. The van der Waals surface area contributed by atoms with Crippen LogP contribution in [-0.4, -0.2) is 75.3 Å². The SMILES string of the molecule is Cn1cc(CN2C(=O)C3=CC(S(=O)(=O)NC4(CF)CC4)C=CC3=[N+](CC3CC(F)(F)C3)C2=O)cn1. The largest absolute Gasteiger partial charge is 0.501 e. The summed E-state index contributed by atoms with van der Waals surface area (Å²) in [7, 11) is -2.37. The summed E-state index contributed by atoms with van der Waals surface area (Å²) in [5.41, 5.74) is -0.363. The molecule has 13 heteroatoms. The molecule has 1 aromatic heterocycles. The molecule has 4 aliphatic rings. The number of carbonyl (C=O) groups is 2. The number of urea groups is 1. The van der Waals surface area contributed by atoms with E-state index in [4.69, 9.17) is 0 Å². The van der Waals surface area contributed by atoms with Crippen LogP contribution in [0.1, 0.15) is 31.2 Å². The molecule has 0 spiro atoms. The van der Waals surface area contributed by atoms with E-state index >= 15 is 0 Å². The number of hydrogen-bond acceptors (Lipinski definition) is 5. The van der Waals surface area contributed by atoms with E-state index in [9.17, 15) is 31.2 Å². The highest BCUT2D eigenvalue weighted by Gasteiger charge is 2.52. The molecule has 1 aliphatic heterocycles. The molecule has 2 saturated carbocycles. The number of aromatic nitrogens is 2. The summed E-state index contributed by atoms with van der Waals surface area (Å²) >= 11 is 0. The van der Waals surface area contributed by atoms with Crippen LogP contribution in [0, 0.1) is 5.92 Å². The molecule has 35 heavy (non-hydrogen) atoms. The van der Waals surface area contributed by atoms with Crippen LogP contribution in [0.15, 0.2) is 36.2 Å². The smallest absolute Gasteiger partial charge is 0.275 e. The zero-order chi connectivity index (χ0) is 25.2. The lowest BCUT2D eigenvalue weighted by molar-refractivity contribution is -0.453. The first-order valence-corrected chi connectivity index (χ1v) is 12.8. The molecule has 0 bridgehead atoms. The van der Waals surface area contributed by atoms with E-state index in [1.807, 2.05) is 0 Å². The lowest BCUT2D eigenvalue weighted by Crippen LogP contribution is -2.54. The summed E-state index contributed by atoms with van der Waals surface area (Å²) in [6.07, 6.45) is 7.09. The number of imide groups is 1. The normalized spacial score (nSPS) is 25.4. The van der Waals surface area contributed by atoms with Gasteiger partial charge in [0.2, 0.25) is 15.9 Å². The Hall–Kier alpha value is -2.80. The summed E-state index contributed by atoms with van der Waals surface area (Å²) < 4.78 is 71.2. The number of hydrogen-bond donors (Lipinski definition) is 1. The second-order valence-electron chi connectivity index (χ2n) is 9.79. The number of allylic oxidation sites excluding steroid dienone is 1. The van der Waals surface area contributed by atoms with E-state index in [-0.39, 0.29) is 37.2 Å². The van der Waals surface area contributed by atoms with Gasteiger partial charge in [0.05, 0.1) is 18.3 Å². The monoisotopic (exact) mass is 512 g/mol. The van der Waals surface area contributed by atoms with Crippen LogP contribution in [0.25, 0.3) is 0 Å². The van der Waals surface area contributed by atoms with Gasteiger partial charge in [0.25, 0.3) is 0 Å². The number of amides is 3. The Morgan fingerprint density at radius 1 is 1.26 bits per heavy atom. The van der Waals surface area contributed by atoms with Gasteiger partial charge in [-0.3, -0.25) is 4.68 Å². The van der Waals surface area contributed by atoms with E-state index in [0.29, 0.717) is 18.4 Å². The molecule has 0 saturated heterocycles. The van der Waals surface area contributed by atoms with Crippen molar-refractivity contribution in [3.8, 4) is 0 Å². The summed E-state index contributed by atoms with van der Waals surface area (Å²) in [5.74, 6) is -3.92. The van der Waals surface area contributed by atoms with Crippen LogP contribution in [0.2, 0.25) is 0 Å². The van der Waals surface area contributed by atoms with Crippen LogP contribution in [0.3, 0.4) is 0 Å². The molecule has 3 amide bonds. The number of fused-ring (bicyclic) bond motifs is 1. The van der Waals surface area contributed by atoms with E-state index in [0.717, 1.165) is 4.90 Å². The van der Waals surface area contributed by atoms with Crippen molar-refractivity contribution < 1.29 is 35.8 Å². The quantitative estimate of drug-likeness (QED) is 0.534. The van der Waals surface area contributed by atoms with E-state index in [1.54, 1.807) is 13.2 Å². The third kappa shape index (κ3) is 4.46. The lowest BCUT2D eigenvalue weighted by atomic mass is 9.81. The summed E-state index contributed by atoms with van der Waals surface area (Å²) in [4.78, 5) is 27.6. The minimum Gasteiger partial charge on any atom is -0.275 e. The Morgan fingerprint density at radius 3 is 2.54 bits per heavy atom. The minimum absolute atomic E-state index is 0.0115. The molecule has 9 nitrogen and oxygen atoms in total. The van der Waals surface area contributed by atoms with Crippen molar-refractivity contribution in [2.24, 2.45) is 13.0 Å². The van der Waals surface area contributed by atoms with Crippen LogP contribution in [-0.2, 0) is 28.4 Å². The maximum absolute atomic E-state index is 13.4. The van der Waals surface area contributed by atoms with Crippen LogP contribution < -0.4 is 4.72 Å². The molecule has 2 fully saturated rings. The lowest BCUT2D eigenvalue weighted by Gasteiger charge is -2.35. The number of nitrogens with one attached hydrogen (secondary N) is 1. The number of sulfonamides is 1. The first-order chi connectivity index (χ1) is 16.4. The van der Waals surface area contributed by atoms with Crippen molar-refractivity contribution in [3.63, 3.8) is 0 Å². The Labute approximate surface area is 200 Å². The fourth-order valence-corrected chi connectivity index (χ4v) is 6.28. The van der Waals surface area contributed by atoms with Crippen LogP contribution in [0.5, 0.6) is 0 Å². The average molecular weight is 513 g/mol. The zero-order valence-electron chi connectivity index (χ0n) is 19.0. The molecule has 3 aliphatic carbocycles. The Bertz CT molecular complexity index is 1290. The highest BCUT2D eigenvalue weighted by atomic mass is 32.2. The van der Waals surface area contributed by atoms with E-state index < -0.39 is 51.3 Å². The van der Waals surface area contributed by atoms with Gasteiger partial charge in [0, 0.05) is 37.6 Å². The molecule has 1 N–H and O–H groups in total. The Balaban J connectivity index is 1.49. The Kier molecular flexibility index (Phi) is 5.55. The number of alkyl halides is 3. The van der Waals surface area contributed by atoms with Crippen molar-refractivity contribution in [1.29, 1.82) is 0 Å². The standard InChI is InChI=1S/C22H25F3N5O4S/c1-28-10-15(9-26-28)12-30-19(31)17-6-16(35(33,34)27-21(13-23)4-5-21)2-3-18(17)29(20(30)32)11-14-7-22(24,25)8-14/h2-3,6,9-10,14,16,27H,4-5,7-8,11-13H2,1H3/q+1. The molecule has 0 aromatic carbocycles. The predicted octanol–water partition coefficient (Wildman–Crippen LogP) is 1.67. The third-order valence-electron chi connectivity index (χ3n) is 6.82. The van der Waals surface area contributed by atoms with Crippen molar-refractivity contribution in [2.45, 2.75) is 48.9 Å². The van der Waals surface area contributed by atoms with Gasteiger partial charge >= 0.3 is 11.9 Å². The second kappa shape index (κ2) is 8.12. The molecule has 0 radical (unpaired) electrons. The molecule has 1 aromatic rings. The number of carbonyl (C=O) groups excluding carboxylic acids is 2. The maximum atomic E-state index is 13.4. The fourth-order valence-electron chi connectivity index (χ4n) is 4.68. The fraction of sp³-hybridized carbons (Fsp3) is 0.545.